The summed E-state index contributed by atoms with van der Waals surface area (Å²) in [6.07, 6.45) is 3.61. The number of carbonyl (C=O) groups excluding carboxylic acids is 1. The van der Waals surface area contributed by atoms with Gasteiger partial charge in [-0.25, -0.2) is 4.79 Å². The first-order chi connectivity index (χ1) is 15.1. The van der Waals surface area contributed by atoms with Crippen molar-refractivity contribution in [3.63, 3.8) is 0 Å². The van der Waals surface area contributed by atoms with Gasteiger partial charge >= 0.3 is 6.03 Å². The molecular weight excluding hydrogens is 390 g/mol. The van der Waals surface area contributed by atoms with Gasteiger partial charge in [-0.3, -0.25) is 4.90 Å². The molecule has 2 aliphatic heterocycles. The van der Waals surface area contributed by atoms with E-state index >= 15 is 0 Å². The molecule has 0 aliphatic carbocycles. The summed E-state index contributed by atoms with van der Waals surface area (Å²) in [6.45, 7) is 11.1. The van der Waals surface area contributed by atoms with Gasteiger partial charge in [-0.15, -0.1) is 10.2 Å². The SMILES string of the molecule is CCN1CCN(Cc2ccc(CNC(=O)N3CCC(c4nncn4C)CC3)cc2)CC1. The Morgan fingerprint density at radius 3 is 2.26 bits per heavy atom. The standard InChI is InChI=1S/C23H35N7O/c1-3-28-12-14-29(15-13-28)17-20-6-4-19(5-7-20)16-24-23(31)30-10-8-21(9-11-30)22-26-25-18-27(22)2/h4-7,18,21H,3,8-17H2,1-2H3,(H,24,31). The number of rotatable bonds is 6. The number of nitrogens with zero attached hydrogens (tertiary/aromatic N) is 6. The fraction of sp³-hybridized carbons (Fsp3) is 0.609. The highest BCUT2D eigenvalue weighted by molar-refractivity contribution is 5.74. The van der Waals surface area contributed by atoms with Gasteiger partial charge in [0.2, 0.25) is 0 Å². The molecule has 2 aromatic rings. The molecule has 2 saturated heterocycles. The van der Waals surface area contributed by atoms with E-state index in [1.165, 1.54) is 5.56 Å². The van der Waals surface area contributed by atoms with Gasteiger partial charge in [-0.1, -0.05) is 31.2 Å². The summed E-state index contributed by atoms with van der Waals surface area (Å²) in [5.41, 5.74) is 2.48. The number of hydrogen-bond donors (Lipinski definition) is 1. The van der Waals surface area contributed by atoms with Gasteiger partial charge in [0.25, 0.3) is 0 Å². The minimum absolute atomic E-state index is 0.0225. The zero-order valence-corrected chi connectivity index (χ0v) is 18.8. The van der Waals surface area contributed by atoms with E-state index in [9.17, 15) is 4.79 Å². The molecule has 0 atom stereocenters. The average Bonchev–Trinajstić information content (AvgIpc) is 3.25. The first kappa shape index (κ1) is 21.8. The van der Waals surface area contributed by atoms with Crippen molar-refractivity contribution >= 4 is 6.03 Å². The van der Waals surface area contributed by atoms with Crippen molar-refractivity contribution in [2.75, 3.05) is 45.8 Å². The predicted molar refractivity (Wildman–Crippen MR) is 121 cm³/mol. The summed E-state index contributed by atoms with van der Waals surface area (Å²) in [6, 6.07) is 8.69. The lowest BCUT2D eigenvalue weighted by Crippen LogP contribution is -2.45. The van der Waals surface area contributed by atoms with Crippen molar-refractivity contribution in [3.8, 4) is 0 Å². The summed E-state index contributed by atoms with van der Waals surface area (Å²) in [5.74, 6) is 1.40. The zero-order chi connectivity index (χ0) is 21.6. The molecule has 0 unspecified atom stereocenters. The van der Waals surface area contributed by atoms with Gasteiger partial charge < -0.3 is 19.7 Å². The molecule has 1 N–H and O–H groups in total. The van der Waals surface area contributed by atoms with E-state index in [2.05, 4.69) is 56.5 Å². The quantitative estimate of drug-likeness (QED) is 0.767. The highest BCUT2D eigenvalue weighted by atomic mass is 16.2. The summed E-state index contributed by atoms with van der Waals surface area (Å²) >= 11 is 0. The highest BCUT2D eigenvalue weighted by Crippen LogP contribution is 2.26. The Morgan fingerprint density at radius 2 is 1.65 bits per heavy atom. The maximum Gasteiger partial charge on any atom is 0.317 e. The van der Waals surface area contributed by atoms with Gasteiger partial charge in [0.15, 0.2) is 0 Å². The molecule has 1 aromatic heterocycles. The van der Waals surface area contributed by atoms with Crippen LogP contribution in [0.15, 0.2) is 30.6 Å². The summed E-state index contributed by atoms with van der Waals surface area (Å²) in [4.78, 5) is 19.5. The number of hydrogen-bond acceptors (Lipinski definition) is 5. The second-order valence-corrected chi connectivity index (χ2v) is 8.75. The first-order valence-corrected chi connectivity index (χ1v) is 11.5. The third-order valence-corrected chi connectivity index (χ3v) is 6.68. The van der Waals surface area contributed by atoms with E-state index < -0.39 is 0 Å². The lowest BCUT2D eigenvalue weighted by molar-refractivity contribution is 0.132. The van der Waals surface area contributed by atoms with Crippen LogP contribution in [0.2, 0.25) is 0 Å². The Bertz CT molecular complexity index is 834. The van der Waals surface area contributed by atoms with E-state index in [1.807, 2.05) is 16.5 Å². The molecule has 8 heteroatoms. The van der Waals surface area contributed by atoms with Gasteiger partial charge in [0.05, 0.1) is 0 Å². The van der Waals surface area contributed by atoms with E-state index in [0.29, 0.717) is 12.5 Å². The topological polar surface area (TPSA) is 69.5 Å². The fourth-order valence-electron chi connectivity index (χ4n) is 4.58. The largest absolute Gasteiger partial charge is 0.334 e. The van der Waals surface area contributed by atoms with Gasteiger partial charge in [-0.2, -0.15) is 0 Å². The lowest BCUT2D eigenvalue weighted by atomic mass is 9.96. The Morgan fingerprint density at radius 1 is 1.00 bits per heavy atom. The molecule has 2 fully saturated rings. The Kier molecular flexibility index (Phi) is 7.19. The van der Waals surface area contributed by atoms with Crippen LogP contribution < -0.4 is 5.32 Å². The van der Waals surface area contributed by atoms with E-state index in [1.54, 1.807) is 6.33 Å². The molecule has 2 amide bonds. The van der Waals surface area contributed by atoms with E-state index in [4.69, 9.17) is 0 Å². The number of aryl methyl sites for hydroxylation is 1. The van der Waals surface area contributed by atoms with Crippen LogP contribution >= 0.6 is 0 Å². The number of carbonyl (C=O) groups is 1. The molecule has 0 bridgehead atoms. The van der Waals surface area contributed by atoms with Crippen molar-refractivity contribution in [3.05, 3.63) is 47.5 Å². The van der Waals surface area contributed by atoms with Crippen molar-refractivity contribution in [2.45, 2.75) is 38.8 Å². The third-order valence-electron chi connectivity index (χ3n) is 6.68. The molecule has 31 heavy (non-hydrogen) atoms. The molecule has 8 nitrogen and oxygen atoms in total. The van der Waals surface area contributed by atoms with Crippen molar-refractivity contribution < 1.29 is 4.79 Å². The fourth-order valence-corrected chi connectivity index (χ4v) is 4.58. The van der Waals surface area contributed by atoms with Crippen LogP contribution in [-0.2, 0) is 20.1 Å². The number of piperazine rings is 1. The monoisotopic (exact) mass is 425 g/mol. The van der Waals surface area contributed by atoms with Gasteiger partial charge in [0.1, 0.15) is 12.2 Å². The number of aromatic nitrogens is 3. The van der Waals surface area contributed by atoms with Gasteiger partial charge in [0, 0.05) is 65.3 Å². The molecule has 2 aliphatic rings. The molecule has 0 saturated carbocycles. The minimum Gasteiger partial charge on any atom is -0.334 e. The summed E-state index contributed by atoms with van der Waals surface area (Å²) in [7, 11) is 1.98. The number of amides is 2. The van der Waals surface area contributed by atoms with E-state index in [-0.39, 0.29) is 6.03 Å². The predicted octanol–water partition coefficient (Wildman–Crippen LogP) is 2.04. The van der Waals surface area contributed by atoms with Gasteiger partial charge in [-0.05, 0) is 30.5 Å². The molecule has 0 spiro atoms. The average molecular weight is 426 g/mol. The first-order valence-electron chi connectivity index (χ1n) is 11.5. The van der Waals surface area contributed by atoms with Crippen LogP contribution in [0.25, 0.3) is 0 Å². The lowest BCUT2D eigenvalue weighted by Gasteiger charge is -2.34. The molecule has 3 heterocycles. The molecule has 1 aromatic carbocycles. The van der Waals surface area contributed by atoms with Crippen LogP contribution in [-0.4, -0.2) is 81.3 Å². The van der Waals surface area contributed by atoms with Crippen molar-refractivity contribution in [2.24, 2.45) is 7.05 Å². The number of likely N-dealkylation sites (N-methyl/N-ethyl adjacent to an activating group) is 1. The molecular formula is C23H35N7O. The Balaban J connectivity index is 1.19. The normalized spacial score (nSPS) is 19.0. The van der Waals surface area contributed by atoms with Crippen LogP contribution in [0.4, 0.5) is 4.79 Å². The van der Waals surface area contributed by atoms with E-state index in [0.717, 1.165) is 76.6 Å². The second kappa shape index (κ2) is 10.2. The molecule has 0 radical (unpaired) electrons. The summed E-state index contributed by atoms with van der Waals surface area (Å²) in [5, 5.41) is 11.3. The Hall–Kier alpha value is -2.45. The molecule has 4 rings (SSSR count). The number of nitrogens with one attached hydrogen (secondary N) is 1. The maximum atomic E-state index is 12.6. The molecule has 168 valence electrons. The summed E-state index contributed by atoms with van der Waals surface area (Å²) < 4.78 is 1.98. The van der Waals surface area contributed by atoms with Crippen LogP contribution in [0, 0.1) is 0 Å². The second-order valence-electron chi connectivity index (χ2n) is 8.75. The van der Waals surface area contributed by atoms with Crippen molar-refractivity contribution in [1.82, 2.24) is 34.8 Å². The smallest absolute Gasteiger partial charge is 0.317 e. The Labute approximate surface area is 185 Å². The third kappa shape index (κ3) is 5.62. The minimum atomic E-state index is 0.0225. The zero-order valence-electron chi connectivity index (χ0n) is 18.8. The van der Waals surface area contributed by atoms with Crippen LogP contribution in [0.3, 0.4) is 0 Å². The number of piperidine rings is 1. The maximum absolute atomic E-state index is 12.6. The number of urea groups is 1. The van der Waals surface area contributed by atoms with Crippen LogP contribution in [0.5, 0.6) is 0 Å². The van der Waals surface area contributed by atoms with Crippen molar-refractivity contribution in [1.29, 1.82) is 0 Å². The highest BCUT2D eigenvalue weighted by Gasteiger charge is 2.26. The number of likely N-dealkylation sites (tertiary alicyclic amines) is 1. The van der Waals surface area contributed by atoms with Crippen LogP contribution in [0.1, 0.15) is 42.6 Å². The number of benzene rings is 1.